The second-order valence-corrected chi connectivity index (χ2v) is 6.12. The molecule has 1 aromatic carbocycles. The van der Waals surface area contributed by atoms with Crippen molar-refractivity contribution in [3.8, 4) is 0 Å². The lowest BCUT2D eigenvalue weighted by Crippen LogP contribution is -2.26. The van der Waals surface area contributed by atoms with Crippen LogP contribution in [0.15, 0.2) is 36.1 Å². The van der Waals surface area contributed by atoms with Crippen LogP contribution in [-0.4, -0.2) is 20.5 Å². The summed E-state index contributed by atoms with van der Waals surface area (Å²) in [4.78, 5) is 0. The first-order valence-electron chi connectivity index (χ1n) is 5.78. The van der Waals surface area contributed by atoms with Crippen molar-refractivity contribution in [3.05, 3.63) is 46.7 Å². The van der Waals surface area contributed by atoms with E-state index in [4.69, 9.17) is 16.3 Å². The molecule has 1 aliphatic rings. The Kier molecular flexibility index (Phi) is 4.50. The van der Waals surface area contributed by atoms with Crippen LogP contribution in [0.2, 0.25) is 5.02 Å². The second kappa shape index (κ2) is 5.86. The van der Waals surface area contributed by atoms with Crippen LogP contribution in [-0.2, 0) is 19.0 Å². The lowest BCUT2D eigenvalue weighted by atomic mass is 10.1. The number of alkyl halides is 3. The summed E-state index contributed by atoms with van der Waals surface area (Å²) < 4.78 is 68.3. The van der Waals surface area contributed by atoms with Crippen molar-refractivity contribution in [3.63, 3.8) is 0 Å². The first-order valence-corrected chi connectivity index (χ1v) is 7.57. The van der Waals surface area contributed by atoms with Crippen LogP contribution in [0.25, 0.3) is 0 Å². The minimum atomic E-state index is -5.67. The molecule has 0 N–H and O–H groups in total. The van der Waals surface area contributed by atoms with E-state index < -0.39 is 21.7 Å². The van der Waals surface area contributed by atoms with Gasteiger partial charge in [0.1, 0.15) is 11.9 Å². The van der Waals surface area contributed by atoms with Gasteiger partial charge in [-0.05, 0) is 12.1 Å². The largest absolute Gasteiger partial charge is 0.534 e. The third kappa shape index (κ3) is 3.69. The van der Waals surface area contributed by atoms with Crippen LogP contribution in [0, 0.1) is 0 Å². The van der Waals surface area contributed by atoms with Crippen molar-refractivity contribution in [2.75, 3.05) is 6.61 Å². The Bertz CT molecular complexity index is 655. The molecule has 21 heavy (non-hydrogen) atoms. The molecule has 1 aliphatic heterocycles. The molecule has 9 heteroatoms. The molecule has 0 aliphatic carbocycles. The van der Waals surface area contributed by atoms with Crippen LogP contribution in [0.1, 0.15) is 18.1 Å². The highest BCUT2D eigenvalue weighted by atomic mass is 35.5. The summed E-state index contributed by atoms with van der Waals surface area (Å²) in [5.74, 6) is -0.316. The zero-order valence-corrected chi connectivity index (χ0v) is 12.0. The Morgan fingerprint density at radius 3 is 2.57 bits per heavy atom. The Morgan fingerprint density at radius 2 is 1.95 bits per heavy atom. The number of hydrogen-bond donors (Lipinski definition) is 0. The van der Waals surface area contributed by atoms with Crippen molar-refractivity contribution < 1.29 is 30.5 Å². The summed E-state index contributed by atoms with van der Waals surface area (Å²) in [6.07, 6.45) is 0.343. The molecule has 0 aromatic heterocycles. The minimum absolute atomic E-state index is 0.0229. The van der Waals surface area contributed by atoms with Gasteiger partial charge in [-0.2, -0.15) is 21.6 Å². The van der Waals surface area contributed by atoms with Gasteiger partial charge in [-0.3, -0.25) is 0 Å². The monoisotopic (exact) mass is 342 g/mol. The predicted octanol–water partition coefficient (Wildman–Crippen LogP) is 3.55. The molecule has 0 radical (unpaired) electrons. The Balaban J connectivity index is 2.25. The normalized spacial score (nSPS) is 20.0. The molecule has 4 nitrogen and oxygen atoms in total. The molecular formula is C12H10ClF3O4S. The maximum absolute atomic E-state index is 12.3. The van der Waals surface area contributed by atoms with E-state index in [1.807, 2.05) is 0 Å². The number of hydrogen-bond acceptors (Lipinski definition) is 4. The smallest absolute Gasteiger partial charge is 0.381 e. The highest BCUT2D eigenvalue weighted by molar-refractivity contribution is 7.87. The molecule has 1 heterocycles. The van der Waals surface area contributed by atoms with Gasteiger partial charge in [-0.25, -0.2) is 0 Å². The quantitative estimate of drug-likeness (QED) is 0.622. The molecule has 116 valence electrons. The Morgan fingerprint density at radius 1 is 1.29 bits per heavy atom. The molecule has 0 saturated carbocycles. The highest BCUT2D eigenvalue weighted by Gasteiger charge is 2.49. The number of halogens is 4. The summed E-state index contributed by atoms with van der Waals surface area (Å²) in [5.41, 5.74) is -4.95. The van der Waals surface area contributed by atoms with Crippen molar-refractivity contribution in [1.29, 1.82) is 0 Å². The number of ether oxygens (including phenoxy) is 1. The average molecular weight is 343 g/mol. The van der Waals surface area contributed by atoms with E-state index in [9.17, 15) is 21.6 Å². The first kappa shape index (κ1) is 16.1. The summed E-state index contributed by atoms with van der Waals surface area (Å²) in [7, 11) is -5.67. The lowest BCUT2D eigenvalue weighted by molar-refractivity contribution is -0.0530. The van der Waals surface area contributed by atoms with E-state index in [0.717, 1.165) is 0 Å². The van der Waals surface area contributed by atoms with E-state index in [2.05, 4.69) is 4.18 Å². The van der Waals surface area contributed by atoms with Gasteiger partial charge < -0.3 is 8.92 Å². The molecule has 1 atom stereocenters. The first-order chi connectivity index (χ1) is 9.71. The van der Waals surface area contributed by atoms with Crippen molar-refractivity contribution in [1.82, 2.24) is 0 Å². The molecule has 0 spiro atoms. The van der Waals surface area contributed by atoms with E-state index in [1.54, 1.807) is 24.3 Å². The van der Waals surface area contributed by atoms with Crippen molar-refractivity contribution in [2.45, 2.75) is 18.0 Å². The van der Waals surface area contributed by atoms with Crippen molar-refractivity contribution >= 4 is 21.7 Å². The van der Waals surface area contributed by atoms with Crippen LogP contribution in [0.5, 0.6) is 0 Å². The lowest BCUT2D eigenvalue weighted by Gasteiger charge is -2.23. The fourth-order valence-corrected chi connectivity index (χ4v) is 2.49. The zero-order valence-electron chi connectivity index (χ0n) is 10.4. The fraction of sp³-hybridized carbons (Fsp3) is 0.333. The number of rotatable bonds is 3. The van der Waals surface area contributed by atoms with Gasteiger partial charge in [0, 0.05) is 17.0 Å². The van der Waals surface area contributed by atoms with Gasteiger partial charge >= 0.3 is 15.6 Å². The molecular weight excluding hydrogens is 333 g/mol. The summed E-state index contributed by atoms with van der Waals surface area (Å²) in [6, 6.07) is 6.59. The fourth-order valence-electron chi connectivity index (χ4n) is 1.73. The van der Waals surface area contributed by atoms with Crippen LogP contribution >= 0.6 is 11.6 Å². The van der Waals surface area contributed by atoms with Crippen LogP contribution < -0.4 is 0 Å². The third-order valence-corrected chi connectivity index (χ3v) is 4.04. The highest BCUT2D eigenvalue weighted by Crippen LogP contribution is 2.34. The molecule has 0 saturated heterocycles. The SMILES string of the molecule is O=S(=O)(OC1=CC(c2ccccc2Cl)OCC1)C(F)(F)F. The third-order valence-electron chi connectivity index (χ3n) is 2.70. The molecule has 0 fully saturated rings. The summed E-state index contributed by atoms with van der Waals surface area (Å²) in [5, 5.41) is 0.360. The molecule has 1 unspecified atom stereocenters. The van der Waals surface area contributed by atoms with Gasteiger partial charge in [0.2, 0.25) is 0 Å². The Hall–Kier alpha value is -1.25. The zero-order chi connectivity index (χ0) is 15.7. The van der Waals surface area contributed by atoms with E-state index in [1.165, 1.54) is 6.08 Å². The standard InChI is InChI=1S/C12H10ClF3O4S/c13-10-4-2-1-3-9(10)11-7-8(5-6-19-11)20-21(17,18)12(14,15)16/h1-4,7,11H,5-6H2. The van der Waals surface area contributed by atoms with E-state index >= 15 is 0 Å². The second-order valence-electron chi connectivity index (χ2n) is 4.18. The van der Waals surface area contributed by atoms with Gasteiger partial charge in [0.25, 0.3) is 0 Å². The van der Waals surface area contributed by atoms with Gasteiger partial charge in [-0.1, -0.05) is 29.8 Å². The van der Waals surface area contributed by atoms with Gasteiger partial charge in [-0.15, -0.1) is 0 Å². The van der Waals surface area contributed by atoms with E-state index in [0.29, 0.717) is 10.6 Å². The molecule has 2 rings (SSSR count). The summed E-state index contributed by atoms with van der Waals surface area (Å²) in [6.45, 7) is 0.0229. The molecule has 1 aromatic rings. The average Bonchev–Trinajstić information content (AvgIpc) is 2.37. The molecule has 0 bridgehead atoms. The van der Waals surface area contributed by atoms with E-state index in [-0.39, 0.29) is 18.8 Å². The van der Waals surface area contributed by atoms with Crippen LogP contribution in [0.4, 0.5) is 13.2 Å². The topological polar surface area (TPSA) is 52.6 Å². The molecule has 0 amide bonds. The van der Waals surface area contributed by atoms with Crippen molar-refractivity contribution in [2.24, 2.45) is 0 Å². The number of benzene rings is 1. The Labute approximate surface area is 124 Å². The predicted molar refractivity (Wildman–Crippen MR) is 68.9 cm³/mol. The van der Waals surface area contributed by atoms with Gasteiger partial charge in [0.15, 0.2) is 0 Å². The maximum atomic E-state index is 12.3. The summed E-state index contributed by atoms with van der Waals surface area (Å²) >= 11 is 5.96. The minimum Gasteiger partial charge on any atom is -0.381 e. The van der Waals surface area contributed by atoms with Gasteiger partial charge in [0.05, 0.1) is 6.61 Å². The maximum Gasteiger partial charge on any atom is 0.534 e. The van der Waals surface area contributed by atoms with Crippen LogP contribution in [0.3, 0.4) is 0 Å².